The second kappa shape index (κ2) is 10.2. The first-order valence-electron chi connectivity index (χ1n) is 10.6. The van der Waals surface area contributed by atoms with E-state index in [1.54, 1.807) is 43.2 Å². The Bertz CT molecular complexity index is 1100. The number of amides is 2. The zero-order valence-electron chi connectivity index (χ0n) is 18.6. The Balaban J connectivity index is 1.24. The molecule has 3 heterocycles. The Labute approximate surface area is 191 Å². The second-order valence-corrected chi connectivity index (χ2v) is 7.64. The summed E-state index contributed by atoms with van der Waals surface area (Å²) in [6.07, 6.45) is 0. The second-order valence-electron chi connectivity index (χ2n) is 7.64. The monoisotopic (exact) mass is 454 g/mol. The number of benzene rings is 1. The molecule has 4 rings (SSSR count). The van der Waals surface area contributed by atoms with Gasteiger partial charge in [0.2, 0.25) is 5.91 Å². The predicted octanol–water partition coefficient (Wildman–Crippen LogP) is 2.56. The predicted molar refractivity (Wildman–Crippen MR) is 118 cm³/mol. The van der Waals surface area contributed by atoms with Gasteiger partial charge in [0.25, 0.3) is 5.91 Å². The number of aromatic nitrogens is 1. The Morgan fingerprint density at radius 1 is 1.09 bits per heavy atom. The number of carbonyl (C=O) groups is 2. The molecular weight excluding hydrogens is 428 g/mol. The van der Waals surface area contributed by atoms with Gasteiger partial charge >= 0.3 is 0 Å². The molecule has 3 aromatic rings. The average molecular weight is 454 g/mol. The lowest BCUT2D eigenvalue weighted by molar-refractivity contribution is -0.117. The summed E-state index contributed by atoms with van der Waals surface area (Å²) in [7, 11) is 1.58. The van der Waals surface area contributed by atoms with Crippen molar-refractivity contribution in [2.45, 2.75) is 13.5 Å². The number of aryl methyl sites for hydroxylation is 1. The van der Waals surface area contributed by atoms with Crippen LogP contribution in [-0.4, -0.2) is 66.6 Å². The van der Waals surface area contributed by atoms with Crippen LogP contribution in [0.2, 0.25) is 0 Å². The number of ether oxygens (including phenoxy) is 2. The van der Waals surface area contributed by atoms with Crippen LogP contribution < -0.4 is 14.8 Å². The average Bonchev–Trinajstić information content (AvgIpc) is 3.46. The van der Waals surface area contributed by atoms with Crippen LogP contribution in [0, 0.1) is 6.92 Å². The van der Waals surface area contributed by atoms with Crippen LogP contribution in [0.25, 0.3) is 0 Å². The molecule has 1 saturated heterocycles. The van der Waals surface area contributed by atoms with Crippen molar-refractivity contribution in [3.05, 3.63) is 59.7 Å². The highest BCUT2D eigenvalue weighted by Gasteiger charge is 2.25. The number of nitrogens with zero attached hydrogens (tertiary/aromatic N) is 3. The number of rotatable bonds is 8. The van der Waals surface area contributed by atoms with Crippen molar-refractivity contribution in [2.24, 2.45) is 0 Å². The Kier molecular flexibility index (Phi) is 6.94. The first-order valence-corrected chi connectivity index (χ1v) is 10.6. The highest BCUT2D eigenvalue weighted by atomic mass is 16.5. The van der Waals surface area contributed by atoms with E-state index in [1.807, 2.05) is 23.1 Å². The summed E-state index contributed by atoms with van der Waals surface area (Å²) in [5.41, 5.74) is 0. The van der Waals surface area contributed by atoms with Gasteiger partial charge in [-0.05, 0) is 31.2 Å². The van der Waals surface area contributed by atoms with Gasteiger partial charge in [0.05, 0.1) is 13.7 Å². The molecule has 1 aromatic carbocycles. The first-order chi connectivity index (χ1) is 16.0. The maximum absolute atomic E-state index is 12.8. The van der Waals surface area contributed by atoms with Gasteiger partial charge in [-0.3, -0.25) is 14.5 Å². The molecule has 1 aliphatic rings. The van der Waals surface area contributed by atoms with Gasteiger partial charge < -0.3 is 28.6 Å². The van der Waals surface area contributed by atoms with E-state index in [-0.39, 0.29) is 30.7 Å². The first kappa shape index (κ1) is 22.4. The van der Waals surface area contributed by atoms with Crippen LogP contribution in [0.5, 0.6) is 11.5 Å². The van der Waals surface area contributed by atoms with Crippen molar-refractivity contribution in [3.63, 3.8) is 0 Å². The molecule has 33 heavy (non-hydrogen) atoms. The van der Waals surface area contributed by atoms with Crippen LogP contribution in [0.3, 0.4) is 0 Å². The van der Waals surface area contributed by atoms with E-state index in [2.05, 4.69) is 10.5 Å². The molecule has 0 spiro atoms. The Morgan fingerprint density at radius 3 is 2.55 bits per heavy atom. The Hall–Kier alpha value is -3.79. The van der Waals surface area contributed by atoms with E-state index in [0.29, 0.717) is 55.0 Å². The number of anilines is 1. The molecule has 0 aliphatic carbocycles. The number of nitrogens with one attached hydrogen (secondary N) is 1. The largest absolute Gasteiger partial charge is 0.493 e. The quantitative estimate of drug-likeness (QED) is 0.553. The van der Waals surface area contributed by atoms with E-state index < -0.39 is 0 Å². The van der Waals surface area contributed by atoms with E-state index in [1.165, 1.54) is 0 Å². The fourth-order valence-corrected chi connectivity index (χ4v) is 3.53. The van der Waals surface area contributed by atoms with Gasteiger partial charge in [-0.25, -0.2) is 0 Å². The van der Waals surface area contributed by atoms with Crippen molar-refractivity contribution in [2.75, 3.05) is 45.2 Å². The Morgan fingerprint density at radius 2 is 1.85 bits per heavy atom. The molecule has 2 aromatic heterocycles. The van der Waals surface area contributed by atoms with Gasteiger partial charge in [0.1, 0.15) is 18.1 Å². The normalized spacial score (nSPS) is 14.2. The zero-order valence-corrected chi connectivity index (χ0v) is 18.6. The summed E-state index contributed by atoms with van der Waals surface area (Å²) < 4.78 is 21.7. The van der Waals surface area contributed by atoms with Gasteiger partial charge in [-0.15, -0.1) is 0 Å². The molecule has 0 bridgehead atoms. The summed E-state index contributed by atoms with van der Waals surface area (Å²) >= 11 is 0. The number of para-hydroxylation sites is 2. The molecule has 1 aliphatic heterocycles. The van der Waals surface area contributed by atoms with E-state index in [4.69, 9.17) is 18.4 Å². The lowest BCUT2D eigenvalue weighted by Crippen LogP contribution is -2.50. The van der Waals surface area contributed by atoms with Crippen molar-refractivity contribution < 1.29 is 28.0 Å². The van der Waals surface area contributed by atoms with Crippen molar-refractivity contribution in [1.29, 1.82) is 0 Å². The SMILES string of the molecule is COc1ccccc1OCc1ccc(C(=O)N2CCN(CC(=O)Nc3cc(C)on3)CC2)o1. The smallest absolute Gasteiger partial charge is 0.289 e. The summed E-state index contributed by atoms with van der Waals surface area (Å²) in [5, 5.41) is 6.46. The topological polar surface area (TPSA) is 110 Å². The van der Waals surface area contributed by atoms with E-state index in [0.717, 1.165) is 0 Å². The number of furan rings is 1. The third-order valence-corrected chi connectivity index (χ3v) is 5.23. The number of methoxy groups -OCH3 is 1. The molecule has 0 saturated carbocycles. The number of hydrogen-bond donors (Lipinski definition) is 1. The molecule has 0 unspecified atom stereocenters. The molecule has 1 fully saturated rings. The molecular formula is C23H26N4O6. The third kappa shape index (κ3) is 5.72. The van der Waals surface area contributed by atoms with Gasteiger partial charge in [-0.1, -0.05) is 17.3 Å². The molecule has 10 nitrogen and oxygen atoms in total. The fraction of sp³-hybridized carbons (Fsp3) is 0.348. The number of piperazine rings is 1. The third-order valence-electron chi connectivity index (χ3n) is 5.23. The molecule has 174 valence electrons. The summed E-state index contributed by atoms with van der Waals surface area (Å²) in [6.45, 7) is 4.34. The van der Waals surface area contributed by atoms with Crippen LogP contribution in [-0.2, 0) is 11.4 Å². The number of carbonyl (C=O) groups excluding carboxylic acids is 2. The highest BCUT2D eigenvalue weighted by molar-refractivity contribution is 5.92. The van der Waals surface area contributed by atoms with Gasteiger partial charge in [-0.2, -0.15) is 0 Å². The zero-order chi connectivity index (χ0) is 23.2. The maximum atomic E-state index is 12.8. The van der Waals surface area contributed by atoms with Crippen LogP contribution >= 0.6 is 0 Å². The summed E-state index contributed by atoms with van der Waals surface area (Å²) in [5.74, 6) is 2.71. The van der Waals surface area contributed by atoms with E-state index >= 15 is 0 Å². The molecule has 10 heteroatoms. The minimum Gasteiger partial charge on any atom is -0.493 e. The van der Waals surface area contributed by atoms with Gasteiger partial charge in [0.15, 0.2) is 23.1 Å². The standard InChI is InChI=1S/C23H26N4O6/c1-16-13-21(25-33-16)24-22(28)14-26-9-11-27(12-10-26)23(29)20-8-7-17(32-20)15-31-19-6-4-3-5-18(19)30-2/h3-8,13H,9-12,14-15H2,1-2H3,(H,24,25,28). The maximum Gasteiger partial charge on any atom is 0.289 e. The lowest BCUT2D eigenvalue weighted by Gasteiger charge is -2.33. The van der Waals surface area contributed by atoms with Gasteiger partial charge in [0, 0.05) is 32.2 Å². The fourth-order valence-electron chi connectivity index (χ4n) is 3.53. The summed E-state index contributed by atoms with van der Waals surface area (Å²) in [6, 6.07) is 12.4. The molecule has 0 atom stereocenters. The minimum absolute atomic E-state index is 0.172. The van der Waals surface area contributed by atoms with Crippen molar-refractivity contribution in [1.82, 2.24) is 15.0 Å². The van der Waals surface area contributed by atoms with E-state index in [9.17, 15) is 9.59 Å². The summed E-state index contributed by atoms with van der Waals surface area (Å²) in [4.78, 5) is 28.7. The number of hydrogen-bond acceptors (Lipinski definition) is 8. The van der Waals surface area contributed by atoms with Crippen molar-refractivity contribution in [3.8, 4) is 11.5 Å². The van der Waals surface area contributed by atoms with Crippen molar-refractivity contribution >= 4 is 17.6 Å². The molecule has 0 radical (unpaired) electrons. The van der Waals surface area contributed by atoms with Crippen LogP contribution in [0.15, 0.2) is 51.4 Å². The van der Waals surface area contributed by atoms with Crippen LogP contribution in [0.1, 0.15) is 22.1 Å². The molecule has 2 amide bonds. The highest BCUT2D eigenvalue weighted by Crippen LogP contribution is 2.27. The lowest BCUT2D eigenvalue weighted by atomic mass is 10.3. The minimum atomic E-state index is -0.180. The molecule has 1 N–H and O–H groups in total. The van der Waals surface area contributed by atoms with Crippen LogP contribution in [0.4, 0.5) is 5.82 Å².